The summed E-state index contributed by atoms with van der Waals surface area (Å²) in [5.74, 6) is -0.121. The van der Waals surface area contributed by atoms with E-state index in [2.05, 4.69) is 16.0 Å². The van der Waals surface area contributed by atoms with E-state index in [9.17, 15) is 10.0 Å². The molecule has 1 amide bonds. The molecular weight excluding hydrogens is 220 g/mol. The van der Waals surface area contributed by atoms with Crippen LogP contribution in [0, 0.1) is 5.21 Å². The van der Waals surface area contributed by atoms with Gasteiger partial charge in [0.05, 0.1) is 5.22 Å². The number of anilines is 1. The zero-order valence-electron chi connectivity index (χ0n) is 10.1. The van der Waals surface area contributed by atoms with Crippen LogP contribution in [0.1, 0.15) is 24.2 Å². The highest BCUT2D eigenvalue weighted by molar-refractivity contribution is 5.94. The maximum Gasteiger partial charge on any atom is 0.251 e. The van der Waals surface area contributed by atoms with Crippen molar-refractivity contribution in [2.24, 2.45) is 5.22 Å². The highest BCUT2D eigenvalue weighted by Gasteiger charge is 2.06. The van der Waals surface area contributed by atoms with E-state index in [1.54, 1.807) is 24.3 Å². The normalized spacial score (nSPS) is 11.4. The Hall–Kier alpha value is -2.11. The molecule has 1 aromatic rings. The fraction of sp³-hybridized carbons (Fsp3) is 0.364. The molecule has 1 aromatic carbocycles. The number of carbonyl (C=O) groups is 1. The van der Waals surface area contributed by atoms with Crippen LogP contribution in [0.5, 0.6) is 0 Å². The number of hydrogen-bond donors (Lipinski definition) is 2. The molecule has 0 aliphatic carbocycles. The number of nitrogens with zero attached hydrogens (tertiary/aromatic N) is 2. The van der Waals surface area contributed by atoms with Gasteiger partial charge in [0.1, 0.15) is 12.7 Å². The van der Waals surface area contributed by atoms with Gasteiger partial charge in [-0.05, 0) is 38.1 Å². The molecule has 0 aromatic heterocycles. The fourth-order valence-electron chi connectivity index (χ4n) is 1.17. The predicted molar refractivity (Wildman–Crippen MR) is 64.6 cm³/mol. The second-order valence-corrected chi connectivity index (χ2v) is 3.88. The van der Waals surface area contributed by atoms with Gasteiger partial charge in [-0.15, -0.1) is 5.43 Å². The monoisotopic (exact) mass is 236 g/mol. The first-order chi connectivity index (χ1) is 7.99. The zero-order chi connectivity index (χ0) is 12.8. The van der Waals surface area contributed by atoms with Crippen molar-refractivity contribution >= 4 is 11.6 Å². The van der Waals surface area contributed by atoms with E-state index >= 15 is 0 Å². The largest absolute Gasteiger partial charge is 0.696 e. The van der Waals surface area contributed by atoms with E-state index in [0.29, 0.717) is 16.1 Å². The highest BCUT2D eigenvalue weighted by Crippen LogP contribution is 2.09. The van der Waals surface area contributed by atoms with Crippen molar-refractivity contribution in [2.45, 2.75) is 19.9 Å². The molecule has 6 nitrogen and oxygen atoms in total. The third-order valence-corrected chi connectivity index (χ3v) is 1.89. The van der Waals surface area contributed by atoms with Gasteiger partial charge in [-0.1, -0.05) is 0 Å². The SMILES string of the molecule is CC(C)NC(=O)c1ccc(N/N=[N+](\C)[O-])cc1. The molecule has 0 spiro atoms. The van der Waals surface area contributed by atoms with Crippen LogP contribution in [-0.4, -0.2) is 23.9 Å². The molecule has 0 bridgehead atoms. The van der Waals surface area contributed by atoms with Gasteiger partial charge in [-0.3, -0.25) is 4.79 Å². The number of carbonyl (C=O) groups excluding carboxylic acids is 1. The van der Waals surface area contributed by atoms with E-state index in [1.807, 2.05) is 13.8 Å². The van der Waals surface area contributed by atoms with Crippen LogP contribution in [0.3, 0.4) is 0 Å². The summed E-state index contributed by atoms with van der Waals surface area (Å²) in [6.45, 7) is 3.80. The lowest BCUT2D eigenvalue weighted by Gasteiger charge is -2.07. The Morgan fingerprint density at radius 3 is 2.41 bits per heavy atom. The van der Waals surface area contributed by atoms with Crippen molar-refractivity contribution in [1.29, 1.82) is 0 Å². The first-order valence-electron chi connectivity index (χ1n) is 5.27. The van der Waals surface area contributed by atoms with Crippen molar-refractivity contribution in [3.63, 3.8) is 0 Å². The molecule has 0 fully saturated rings. The lowest BCUT2D eigenvalue weighted by atomic mass is 10.2. The Labute approximate surface area is 99.9 Å². The minimum Gasteiger partial charge on any atom is -0.696 e. The molecule has 0 atom stereocenters. The fourth-order valence-corrected chi connectivity index (χ4v) is 1.17. The molecule has 0 saturated carbocycles. The van der Waals surface area contributed by atoms with Crippen LogP contribution in [0.4, 0.5) is 5.69 Å². The van der Waals surface area contributed by atoms with Gasteiger partial charge in [0.15, 0.2) is 0 Å². The third-order valence-electron chi connectivity index (χ3n) is 1.89. The van der Waals surface area contributed by atoms with Crippen molar-refractivity contribution in [2.75, 3.05) is 12.5 Å². The highest BCUT2D eigenvalue weighted by atomic mass is 16.5. The maximum atomic E-state index is 11.6. The smallest absolute Gasteiger partial charge is 0.251 e. The van der Waals surface area contributed by atoms with Crippen molar-refractivity contribution in [1.82, 2.24) is 5.32 Å². The summed E-state index contributed by atoms with van der Waals surface area (Å²) < 4.78 is 0. The van der Waals surface area contributed by atoms with E-state index in [4.69, 9.17) is 0 Å². The second kappa shape index (κ2) is 5.83. The Bertz CT molecular complexity index is 408. The van der Waals surface area contributed by atoms with Crippen LogP contribution in [0.25, 0.3) is 0 Å². The summed E-state index contributed by atoms with van der Waals surface area (Å²) in [6, 6.07) is 6.80. The number of amides is 1. The van der Waals surface area contributed by atoms with Gasteiger partial charge in [0.2, 0.25) is 0 Å². The van der Waals surface area contributed by atoms with E-state index in [-0.39, 0.29) is 11.9 Å². The summed E-state index contributed by atoms with van der Waals surface area (Å²) in [5.41, 5.74) is 3.77. The molecule has 1 rings (SSSR count). The minimum absolute atomic E-state index is 0.101. The molecule has 0 heterocycles. The van der Waals surface area contributed by atoms with Gasteiger partial charge in [0, 0.05) is 11.6 Å². The molecule has 0 unspecified atom stereocenters. The van der Waals surface area contributed by atoms with E-state index in [0.717, 1.165) is 0 Å². The summed E-state index contributed by atoms with van der Waals surface area (Å²) in [7, 11) is 1.28. The lowest BCUT2D eigenvalue weighted by Crippen LogP contribution is -2.29. The van der Waals surface area contributed by atoms with Crippen molar-refractivity contribution in [3.8, 4) is 0 Å². The average Bonchev–Trinajstić information content (AvgIpc) is 2.26. The Morgan fingerprint density at radius 1 is 1.35 bits per heavy atom. The first kappa shape index (κ1) is 13.0. The summed E-state index contributed by atoms with van der Waals surface area (Å²) in [6.07, 6.45) is 0. The summed E-state index contributed by atoms with van der Waals surface area (Å²) >= 11 is 0. The molecule has 0 aliphatic rings. The Kier molecular flexibility index (Phi) is 4.45. The van der Waals surface area contributed by atoms with Crippen molar-refractivity contribution in [3.05, 3.63) is 35.0 Å². The van der Waals surface area contributed by atoms with E-state index < -0.39 is 0 Å². The molecule has 0 radical (unpaired) electrons. The lowest BCUT2D eigenvalue weighted by molar-refractivity contribution is -0.497. The van der Waals surface area contributed by atoms with Crippen LogP contribution in [-0.2, 0) is 0 Å². The maximum absolute atomic E-state index is 11.6. The summed E-state index contributed by atoms with van der Waals surface area (Å²) in [5, 5.41) is 16.8. The van der Waals surface area contributed by atoms with Gasteiger partial charge in [-0.25, -0.2) is 0 Å². The van der Waals surface area contributed by atoms with Crippen molar-refractivity contribution < 1.29 is 9.66 Å². The third kappa shape index (κ3) is 4.50. The standard InChI is InChI=1S/C11H16N4O2/c1-8(2)12-11(16)9-4-6-10(7-5-9)13-14-15(3)17/h4-8,13H,1-3H3,(H,12,16)/b15-14+. The summed E-state index contributed by atoms with van der Waals surface area (Å²) in [4.78, 5) is 12.0. The predicted octanol–water partition coefficient (Wildman–Crippen LogP) is 1.74. The average molecular weight is 236 g/mol. The minimum atomic E-state index is -0.121. The van der Waals surface area contributed by atoms with Crippen LogP contribution < -0.4 is 10.7 Å². The van der Waals surface area contributed by atoms with Crippen LogP contribution in [0.2, 0.25) is 0 Å². The van der Waals surface area contributed by atoms with Crippen LogP contribution in [0.15, 0.2) is 29.5 Å². The number of hydroxylamine groups is 1. The first-order valence-corrected chi connectivity index (χ1v) is 5.27. The Balaban J connectivity index is 2.67. The zero-order valence-corrected chi connectivity index (χ0v) is 10.1. The molecule has 17 heavy (non-hydrogen) atoms. The second-order valence-electron chi connectivity index (χ2n) is 3.88. The molecule has 92 valence electrons. The molecule has 0 saturated heterocycles. The van der Waals surface area contributed by atoms with Crippen LogP contribution >= 0.6 is 0 Å². The van der Waals surface area contributed by atoms with Gasteiger partial charge >= 0.3 is 0 Å². The number of nitrogens with one attached hydrogen (secondary N) is 2. The van der Waals surface area contributed by atoms with Gasteiger partial charge in [-0.2, -0.15) is 4.86 Å². The Morgan fingerprint density at radius 2 is 1.94 bits per heavy atom. The number of rotatable bonds is 4. The van der Waals surface area contributed by atoms with E-state index in [1.165, 1.54) is 7.05 Å². The number of hydrogen-bond acceptors (Lipinski definition) is 3. The van der Waals surface area contributed by atoms with Gasteiger partial charge < -0.3 is 10.5 Å². The van der Waals surface area contributed by atoms with Gasteiger partial charge in [0.25, 0.3) is 5.91 Å². The molecule has 0 aliphatic heterocycles. The quantitative estimate of drug-likeness (QED) is 0.475. The molecular formula is C11H16N4O2. The number of benzene rings is 1. The molecule has 2 N–H and O–H groups in total. The molecule has 6 heteroatoms. The topological polar surface area (TPSA) is 79.6 Å².